The molecule has 1 fully saturated rings. The molecule has 1 aliphatic heterocycles. The van der Waals surface area contributed by atoms with Gasteiger partial charge in [-0.1, -0.05) is 18.2 Å². The molecule has 1 saturated heterocycles. The summed E-state index contributed by atoms with van der Waals surface area (Å²) in [6, 6.07) is 19.7. The van der Waals surface area contributed by atoms with Crippen LogP contribution in [0.25, 0.3) is 10.8 Å². The zero-order chi connectivity index (χ0) is 17.2. The molecule has 0 spiro atoms. The highest BCUT2D eigenvalue weighted by atomic mass is 16.5. The van der Waals surface area contributed by atoms with Gasteiger partial charge in [-0.2, -0.15) is 0 Å². The van der Waals surface area contributed by atoms with Crippen molar-refractivity contribution in [2.75, 3.05) is 25.1 Å². The molecule has 0 N–H and O–H groups in total. The van der Waals surface area contributed by atoms with Crippen molar-refractivity contribution < 1.29 is 9.53 Å². The van der Waals surface area contributed by atoms with Crippen molar-refractivity contribution in [3.8, 4) is 5.75 Å². The van der Waals surface area contributed by atoms with E-state index in [1.165, 1.54) is 18.5 Å². The molecule has 0 radical (unpaired) electrons. The minimum Gasteiger partial charge on any atom is -0.497 e. The number of nitrogens with zero attached hydrogens (tertiary/aromatic N) is 1. The van der Waals surface area contributed by atoms with Gasteiger partial charge < -0.3 is 9.64 Å². The van der Waals surface area contributed by atoms with Gasteiger partial charge in [-0.05, 0) is 66.1 Å². The van der Waals surface area contributed by atoms with Gasteiger partial charge in [0.05, 0.1) is 7.11 Å². The number of fused-ring (bicyclic) bond motifs is 1. The molecule has 3 aromatic rings. The Morgan fingerprint density at radius 1 is 0.840 bits per heavy atom. The van der Waals surface area contributed by atoms with E-state index in [4.69, 9.17) is 4.74 Å². The Morgan fingerprint density at radius 2 is 1.48 bits per heavy atom. The summed E-state index contributed by atoms with van der Waals surface area (Å²) in [6.07, 6.45) is 2.51. The number of carbonyl (C=O) groups excluding carboxylic acids is 1. The summed E-state index contributed by atoms with van der Waals surface area (Å²) < 4.78 is 5.25. The summed E-state index contributed by atoms with van der Waals surface area (Å²) in [6.45, 7) is 2.23. The van der Waals surface area contributed by atoms with Gasteiger partial charge in [0.1, 0.15) is 5.75 Å². The lowest BCUT2D eigenvalue weighted by Gasteiger charge is -2.17. The zero-order valence-electron chi connectivity index (χ0n) is 14.4. The summed E-state index contributed by atoms with van der Waals surface area (Å²) in [5, 5.41) is 2.11. The van der Waals surface area contributed by atoms with Crippen LogP contribution in [-0.2, 0) is 0 Å². The lowest BCUT2D eigenvalue weighted by atomic mass is 9.99. The maximum atomic E-state index is 12.8. The van der Waals surface area contributed by atoms with Crippen molar-refractivity contribution in [2.24, 2.45) is 0 Å². The standard InChI is InChI=1S/C22H21NO2/c1-25-21-11-8-17-14-19(5-4-18(17)15-21)22(24)16-6-9-20(10-7-16)23-12-2-3-13-23/h4-11,14-15H,2-3,12-13H2,1H3. The maximum absolute atomic E-state index is 12.8. The number of methoxy groups -OCH3 is 1. The fourth-order valence-corrected chi connectivity index (χ4v) is 3.46. The molecular weight excluding hydrogens is 310 g/mol. The number of ketones is 1. The first-order valence-corrected chi connectivity index (χ1v) is 8.72. The van der Waals surface area contributed by atoms with Crippen LogP contribution in [0.3, 0.4) is 0 Å². The number of ether oxygens (including phenoxy) is 1. The number of hydrogen-bond donors (Lipinski definition) is 0. The lowest BCUT2D eigenvalue weighted by molar-refractivity contribution is 0.103. The second-order valence-electron chi connectivity index (χ2n) is 6.50. The number of benzene rings is 3. The molecule has 1 heterocycles. The number of rotatable bonds is 4. The van der Waals surface area contributed by atoms with Crippen LogP contribution in [0.5, 0.6) is 5.75 Å². The third kappa shape index (κ3) is 3.10. The SMILES string of the molecule is COc1ccc2cc(C(=O)c3ccc(N4CCCC4)cc3)ccc2c1. The van der Waals surface area contributed by atoms with Crippen molar-refractivity contribution in [1.82, 2.24) is 0 Å². The Labute approximate surface area is 147 Å². The normalized spacial score (nSPS) is 14.0. The summed E-state index contributed by atoms with van der Waals surface area (Å²) in [5.41, 5.74) is 2.65. The van der Waals surface area contributed by atoms with Gasteiger partial charge in [0.2, 0.25) is 0 Å². The van der Waals surface area contributed by atoms with E-state index in [1.807, 2.05) is 48.5 Å². The largest absolute Gasteiger partial charge is 0.497 e. The molecular formula is C22H21NO2. The molecule has 0 atom stereocenters. The molecule has 3 aromatic carbocycles. The van der Waals surface area contributed by atoms with Crippen molar-refractivity contribution in [3.05, 3.63) is 71.8 Å². The topological polar surface area (TPSA) is 29.5 Å². The fourth-order valence-electron chi connectivity index (χ4n) is 3.46. The Bertz CT molecular complexity index is 909. The van der Waals surface area contributed by atoms with Crippen LogP contribution in [0.4, 0.5) is 5.69 Å². The van der Waals surface area contributed by atoms with E-state index >= 15 is 0 Å². The predicted octanol–water partition coefficient (Wildman–Crippen LogP) is 4.68. The Balaban J connectivity index is 1.60. The zero-order valence-corrected chi connectivity index (χ0v) is 14.4. The van der Waals surface area contributed by atoms with E-state index in [0.29, 0.717) is 5.56 Å². The van der Waals surface area contributed by atoms with Gasteiger partial charge in [0.15, 0.2) is 5.78 Å². The highest BCUT2D eigenvalue weighted by molar-refractivity contribution is 6.10. The third-order valence-electron chi connectivity index (χ3n) is 4.91. The van der Waals surface area contributed by atoms with Crippen LogP contribution in [0, 0.1) is 0 Å². The second-order valence-corrected chi connectivity index (χ2v) is 6.50. The summed E-state index contributed by atoms with van der Waals surface area (Å²) >= 11 is 0. The van der Waals surface area contributed by atoms with Gasteiger partial charge in [0, 0.05) is 29.9 Å². The second kappa shape index (κ2) is 6.60. The van der Waals surface area contributed by atoms with Crippen LogP contribution < -0.4 is 9.64 Å². The first-order valence-electron chi connectivity index (χ1n) is 8.72. The average Bonchev–Trinajstić information content (AvgIpc) is 3.21. The van der Waals surface area contributed by atoms with E-state index in [0.717, 1.165) is 35.2 Å². The molecule has 0 aromatic heterocycles. The third-order valence-corrected chi connectivity index (χ3v) is 4.91. The van der Waals surface area contributed by atoms with Crippen LogP contribution in [0.15, 0.2) is 60.7 Å². The van der Waals surface area contributed by atoms with Crippen LogP contribution in [0.1, 0.15) is 28.8 Å². The highest BCUT2D eigenvalue weighted by Crippen LogP contribution is 2.24. The van der Waals surface area contributed by atoms with Crippen molar-refractivity contribution in [1.29, 1.82) is 0 Å². The molecule has 0 unspecified atom stereocenters. The summed E-state index contributed by atoms with van der Waals surface area (Å²) in [5.74, 6) is 0.884. The Kier molecular flexibility index (Phi) is 4.14. The van der Waals surface area contributed by atoms with Crippen molar-refractivity contribution in [3.63, 3.8) is 0 Å². The predicted molar refractivity (Wildman–Crippen MR) is 102 cm³/mol. The Morgan fingerprint density at radius 3 is 2.20 bits per heavy atom. The highest BCUT2D eigenvalue weighted by Gasteiger charge is 2.14. The average molecular weight is 331 g/mol. The maximum Gasteiger partial charge on any atom is 0.193 e. The monoisotopic (exact) mass is 331 g/mol. The van der Waals surface area contributed by atoms with Gasteiger partial charge in [-0.3, -0.25) is 4.79 Å². The minimum absolute atomic E-state index is 0.0608. The molecule has 1 aliphatic rings. The lowest BCUT2D eigenvalue weighted by Crippen LogP contribution is -2.17. The molecule has 0 saturated carbocycles. The van der Waals surface area contributed by atoms with Gasteiger partial charge in [-0.15, -0.1) is 0 Å². The summed E-state index contributed by atoms with van der Waals surface area (Å²) in [4.78, 5) is 15.2. The van der Waals surface area contributed by atoms with E-state index in [-0.39, 0.29) is 5.78 Å². The van der Waals surface area contributed by atoms with Crippen molar-refractivity contribution >= 4 is 22.2 Å². The van der Waals surface area contributed by atoms with Gasteiger partial charge in [0.25, 0.3) is 0 Å². The first kappa shape index (κ1) is 15.7. The number of carbonyl (C=O) groups is 1. The molecule has 0 bridgehead atoms. The van der Waals surface area contributed by atoms with E-state index in [1.54, 1.807) is 7.11 Å². The molecule has 3 nitrogen and oxygen atoms in total. The smallest absolute Gasteiger partial charge is 0.193 e. The van der Waals surface area contributed by atoms with Gasteiger partial charge in [-0.25, -0.2) is 0 Å². The Hall–Kier alpha value is -2.81. The van der Waals surface area contributed by atoms with Crippen LogP contribution >= 0.6 is 0 Å². The van der Waals surface area contributed by atoms with Crippen LogP contribution in [-0.4, -0.2) is 26.0 Å². The molecule has 0 amide bonds. The fraction of sp³-hybridized carbons (Fsp3) is 0.227. The van der Waals surface area contributed by atoms with Crippen molar-refractivity contribution in [2.45, 2.75) is 12.8 Å². The number of anilines is 1. The van der Waals surface area contributed by atoms with E-state index in [9.17, 15) is 4.79 Å². The minimum atomic E-state index is 0.0608. The number of hydrogen-bond acceptors (Lipinski definition) is 3. The molecule has 126 valence electrons. The molecule has 3 heteroatoms. The molecule has 0 aliphatic carbocycles. The first-order chi connectivity index (χ1) is 12.2. The quantitative estimate of drug-likeness (QED) is 0.650. The van der Waals surface area contributed by atoms with Crippen LogP contribution in [0.2, 0.25) is 0 Å². The summed E-state index contributed by atoms with van der Waals surface area (Å²) in [7, 11) is 1.66. The van der Waals surface area contributed by atoms with E-state index < -0.39 is 0 Å². The molecule has 4 rings (SSSR count). The van der Waals surface area contributed by atoms with E-state index in [2.05, 4.69) is 17.0 Å². The van der Waals surface area contributed by atoms with Gasteiger partial charge >= 0.3 is 0 Å². The molecule has 25 heavy (non-hydrogen) atoms.